The van der Waals surface area contributed by atoms with Crippen LogP contribution < -0.4 is 9.47 Å². The molecule has 6 heteroatoms. The molecule has 0 atom stereocenters. The van der Waals surface area contributed by atoms with E-state index < -0.39 is 11.9 Å². The topological polar surface area (TPSA) is 52.6 Å². The molecular weight excluding hydrogens is 440 g/mol. The van der Waals surface area contributed by atoms with E-state index in [2.05, 4.69) is 0 Å². The van der Waals surface area contributed by atoms with E-state index in [0.29, 0.717) is 22.6 Å². The predicted octanol–water partition coefficient (Wildman–Crippen LogP) is 6.92. The molecule has 158 valence electrons. The molecule has 4 aromatic rings. The summed E-state index contributed by atoms with van der Waals surface area (Å²) in [5, 5.41) is 0. The van der Waals surface area contributed by atoms with Crippen molar-refractivity contribution in [3.8, 4) is 11.5 Å². The molecule has 0 aliphatic rings. The van der Waals surface area contributed by atoms with Gasteiger partial charge in [-0.3, -0.25) is 0 Å². The molecule has 0 radical (unpaired) electrons. The highest BCUT2D eigenvalue weighted by atomic mass is 33.1. The SMILES string of the molecule is O=C(Oc1ccccc1)c1ccc(SSc2ccc(C(=O)Oc3ccccc3)cc2)cc1. The molecule has 0 saturated carbocycles. The Kier molecular flexibility index (Phi) is 7.27. The molecule has 0 N–H and O–H groups in total. The molecule has 0 bridgehead atoms. The Bertz CT molecular complexity index is 1080. The molecule has 0 amide bonds. The minimum atomic E-state index is -0.390. The Morgan fingerprint density at radius 3 is 1.16 bits per heavy atom. The van der Waals surface area contributed by atoms with Crippen LogP contribution in [0.5, 0.6) is 11.5 Å². The van der Waals surface area contributed by atoms with Crippen LogP contribution in [-0.4, -0.2) is 11.9 Å². The molecule has 32 heavy (non-hydrogen) atoms. The second-order valence-electron chi connectivity index (χ2n) is 6.62. The summed E-state index contributed by atoms with van der Waals surface area (Å²) in [5.74, 6) is 0.252. The van der Waals surface area contributed by atoms with E-state index in [0.717, 1.165) is 9.79 Å². The lowest BCUT2D eigenvalue weighted by atomic mass is 10.2. The maximum atomic E-state index is 12.2. The molecule has 4 rings (SSSR count). The normalized spacial score (nSPS) is 10.4. The molecule has 0 aromatic heterocycles. The lowest BCUT2D eigenvalue weighted by Crippen LogP contribution is -2.08. The number of benzene rings is 4. The second kappa shape index (κ2) is 10.7. The van der Waals surface area contributed by atoms with Gasteiger partial charge in [0.25, 0.3) is 0 Å². The van der Waals surface area contributed by atoms with Gasteiger partial charge in [-0.05, 0) is 72.8 Å². The first kappa shape index (κ1) is 21.7. The number of esters is 2. The molecule has 0 aliphatic carbocycles. The molecule has 0 aliphatic heterocycles. The van der Waals surface area contributed by atoms with Gasteiger partial charge in [-0.1, -0.05) is 58.0 Å². The maximum Gasteiger partial charge on any atom is 0.343 e. The Morgan fingerprint density at radius 2 is 0.812 bits per heavy atom. The fourth-order valence-corrected chi connectivity index (χ4v) is 4.63. The number of hydrogen-bond donors (Lipinski definition) is 0. The standard InChI is InChI=1S/C26H18O4S2/c27-25(29-21-7-3-1-4-8-21)19-11-15-23(16-12-19)31-32-24-17-13-20(14-18-24)26(28)30-22-9-5-2-6-10-22/h1-18H. The summed E-state index contributed by atoms with van der Waals surface area (Å²) in [4.78, 5) is 26.5. The van der Waals surface area contributed by atoms with Gasteiger partial charge in [-0.25, -0.2) is 9.59 Å². The number of para-hydroxylation sites is 2. The Balaban J connectivity index is 1.29. The van der Waals surface area contributed by atoms with Gasteiger partial charge >= 0.3 is 11.9 Å². The number of carbonyl (C=O) groups excluding carboxylic acids is 2. The fraction of sp³-hybridized carbons (Fsp3) is 0. The fourth-order valence-electron chi connectivity index (χ4n) is 2.70. The average molecular weight is 459 g/mol. The Hall–Kier alpha value is -3.48. The van der Waals surface area contributed by atoms with E-state index in [-0.39, 0.29) is 0 Å². The lowest BCUT2D eigenvalue weighted by Gasteiger charge is -2.06. The Labute approximate surface area is 194 Å². The van der Waals surface area contributed by atoms with Gasteiger partial charge in [0.15, 0.2) is 0 Å². The molecule has 4 aromatic carbocycles. The first-order valence-electron chi connectivity index (χ1n) is 9.76. The quantitative estimate of drug-likeness (QED) is 0.170. The zero-order valence-corrected chi connectivity index (χ0v) is 18.5. The molecule has 0 fully saturated rings. The summed E-state index contributed by atoms with van der Waals surface area (Å²) in [5.41, 5.74) is 0.981. The van der Waals surface area contributed by atoms with Crippen LogP contribution in [0.25, 0.3) is 0 Å². The van der Waals surface area contributed by atoms with Gasteiger partial charge in [-0.2, -0.15) is 0 Å². The van der Waals surface area contributed by atoms with E-state index in [1.807, 2.05) is 60.7 Å². The minimum Gasteiger partial charge on any atom is -0.423 e. The summed E-state index contributed by atoms with van der Waals surface area (Å²) < 4.78 is 10.7. The predicted molar refractivity (Wildman–Crippen MR) is 127 cm³/mol. The van der Waals surface area contributed by atoms with Crippen molar-refractivity contribution < 1.29 is 19.1 Å². The smallest absolute Gasteiger partial charge is 0.343 e. The summed E-state index contributed by atoms with van der Waals surface area (Å²) >= 11 is 0. The van der Waals surface area contributed by atoms with Crippen LogP contribution in [0.1, 0.15) is 20.7 Å². The van der Waals surface area contributed by atoms with Crippen LogP contribution in [0.2, 0.25) is 0 Å². The summed E-state index contributed by atoms with van der Waals surface area (Å²) in [7, 11) is 3.13. The number of rotatable bonds is 7. The van der Waals surface area contributed by atoms with Crippen LogP contribution in [-0.2, 0) is 0 Å². The van der Waals surface area contributed by atoms with Gasteiger partial charge in [-0.15, -0.1) is 0 Å². The number of ether oxygens (including phenoxy) is 2. The lowest BCUT2D eigenvalue weighted by molar-refractivity contribution is 0.0725. The van der Waals surface area contributed by atoms with Crippen LogP contribution >= 0.6 is 21.6 Å². The molecule has 0 saturated heterocycles. The summed E-state index contributed by atoms with van der Waals surface area (Å²) in [6.45, 7) is 0. The van der Waals surface area contributed by atoms with Crippen LogP contribution in [0.4, 0.5) is 0 Å². The number of hydrogen-bond acceptors (Lipinski definition) is 6. The van der Waals surface area contributed by atoms with Gasteiger partial charge < -0.3 is 9.47 Å². The van der Waals surface area contributed by atoms with E-state index in [1.54, 1.807) is 70.1 Å². The van der Waals surface area contributed by atoms with Gasteiger partial charge in [0.2, 0.25) is 0 Å². The second-order valence-corrected chi connectivity index (χ2v) is 8.90. The van der Waals surface area contributed by atoms with Crippen molar-refractivity contribution in [3.63, 3.8) is 0 Å². The molecule has 0 spiro atoms. The van der Waals surface area contributed by atoms with Crippen molar-refractivity contribution in [1.29, 1.82) is 0 Å². The van der Waals surface area contributed by atoms with Gasteiger partial charge in [0, 0.05) is 9.79 Å². The highest BCUT2D eigenvalue weighted by Crippen LogP contribution is 2.37. The largest absolute Gasteiger partial charge is 0.423 e. The molecule has 0 unspecified atom stereocenters. The van der Waals surface area contributed by atoms with Crippen molar-refractivity contribution in [2.24, 2.45) is 0 Å². The van der Waals surface area contributed by atoms with E-state index in [1.165, 1.54) is 0 Å². The summed E-state index contributed by atoms with van der Waals surface area (Å²) in [6.07, 6.45) is 0. The van der Waals surface area contributed by atoms with Gasteiger partial charge in [0.1, 0.15) is 11.5 Å². The van der Waals surface area contributed by atoms with E-state index in [4.69, 9.17) is 9.47 Å². The van der Waals surface area contributed by atoms with Crippen LogP contribution in [0.3, 0.4) is 0 Å². The summed E-state index contributed by atoms with van der Waals surface area (Å²) in [6, 6.07) is 32.5. The maximum absolute atomic E-state index is 12.2. The van der Waals surface area contributed by atoms with Crippen LogP contribution in [0, 0.1) is 0 Å². The third-order valence-electron chi connectivity index (χ3n) is 4.32. The number of carbonyl (C=O) groups is 2. The molecular formula is C26H18O4S2. The minimum absolute atomic E-state index is 0.390. The average Bonchev–Trinajstić information content (AvgIpc) is 2.84. The van der Waals surface area contributed by atoms with Crippen LogP contribution in [0.15, 0.2) is 119 Å². The van der Waals surface area contributed by atoms with Crippen molar-refractivity contribution in [2.75, 3.05) is 0 Å². The first-order chi connectivity index (χ1) is 15.7. The Morgan fingerprint density at radius 1 is 0.469 bits per heavy atom. The molecule has 0 heterocycles. The first-order valence-corrected chi connectivity index (χ1v) is 11.9. The monoisotopic (exact) mass is 458 g/mol. The van der Waals surface area contributed by atoms with Crippen molar-refractivity contribution in [2.45, 2.75) is 9.79 Å². The molecule has 4 nitrogen and oxygen atoms in total. The van der Waals surface area contributed by atoms with Crippen molar-refractivity contribution >= 4 is 33.5 Å². The highest BCUT2D eigenvalue weighted by molar-refractivity contribution is 8.76. The van der Waals surface area contributed by atoms with Crippen molar-refractivity contribution in [1.82, 2.24) is 0 Å². The highest BCUT2D eigenvalue weighted by Gasteiger charge is 2.10. The van der Waals surface area contributed by atoms with Gasteiger partial charge in [0.05, 0.1) is 11.1 Å². The third-order valence-corrected chi connectivity index (χ3v) is 6.74. The van der Waals surface area contributed by atoms with E-state index >= 15 is 0 Å². The third kappa shape index (κ3) is 6.03. The zero-order chi connectivity index (χ0) is 22.2. The zero-order valence-electron chi connectivity index (χ0n) is 16.8. The van der Waals surface area contributed by atoms with Crippen molar-refractivity contribution in [3.05, 3.63) is 120 Å². The van der Waals surface area contributed by atoms with E-state index in [9.17, 15) is 9.59 Å².